The van der Waals surface area contributed by atoms with E-state index in [9.17, 15) is 9.59 Å². The van der Waals surface area contributed by atoms with Crippen LogP contribution in [0.25, 0.3) is 11.4 Å². The Morgan fingerprint density at radius 3 is 2.86 bits per heavy atom. The number of likely N-dealkylation sites (tertiary alicyclic amines) is 1. The fourth-order valence-electron chi connectivity index (χ4n) is 3.46. The van der Waals surface area contributed by atoms with Gasteiger partial charge in [-0.25, -0.2) is 4.79 Å². The summed E-state index contributed by atoms with van der Waals surface area (Å²) >= 11 is 0. The average Bonchev–Trinajstić information content (AvgIpc) is 3.16. The number of aromatic nitrogens is 4. The van der Waals surface area contributed by atoms with Gasteiger partial charge in [0.1, 0.15) is 6.54 Å². The summed E-state index contributed by atoms with van der Waals surface area (Å²) in [7, 11) is 0. The summed E-state index contributed by atoms with van der Waals surface area (Å²) in [5.74, 6) is -0.00225. The quantitative estimate of drug-likeness (QED) is 0.710. The minimum atomic E-state index is -0.393. The molecule has 150 valence electrons. The summed E-state index contributed by atoms with van der Waals surface area (Å²) in [6, 6.07) is 7.20. The Morgan fingerprint density at radius 1 is 1.29 bits per heavy atom. The molecule has 28 heavy (non-hydrogen) atoms. The number of ether oxygens (including phenoxy) is 1. The molecule has 8 nitrogen and oxygen atoms in total. The topological polar surface area (TPSA) is 90.2 Å². The first-order valence-electron chi connectivity index (χ1n) is 9.86. The van der Waals surface area contributed by atoms with E-state index in [1.54, 1.807) is 38.1 Å². The van der Waals surface area contributed by atoms with Crippen LogP contribution < -0.4 is 0 Å². The van der Waals surface area contributed by atoms with E-state index in [1.165, 1.54) is 11.2 Å². The minimum absolute atomic E-state index is 0.0183. The Balaban J connectivity index is 1.70. The molecule has 1 fully saturated rings. The lowest BCUT2D eigenvalue weighted by Crippen LogP contribution is -2.45. The number of hydrogen-bond donors (Lipinski definition) is 0. The molecule has 1 aliphatic heterocycles. The van der Waals surface area contributed by atoms with Crippen molar-refractivity contribution in [3.05, 3.63) is 29.8 Å². The Bertz CT molecular complexity index is 833. The molecule has 0 spiro atoms. The second kappa shape index (κ2) is 8.95. The highest BCUT2D eigenvalue weighted by Crippen LogP contribution is 2.20. The molecular weight excluding hydrogens is 358 g/mol. The van der Waals surface area contributed by atoms with Crippen molar-refractivity contribution in [3.63, 3.8) is 0 Å². The van der Waals surface area contributed by atoms with Crippen molar-refractivity contribution in [3.8, 4) is 11.4 Å². The molecular formula is C20H27N5O3. The van der Waals surface area contributed by atoms with Gasteiger partial charge in [0.25, 0.3) is 0 Å². The van der Waals surface area contributed by atoms with E-state index < -0.39 is 5.97 Å². The van der Waals surface area contributed by atoms with Gasteiger partial charge in [0.05, 0.1) is 11.7 Å². The zero-order chi connectivity index (χ0) is 20.1. The van der Waals surface area contributed by atoms with Gasteiger partial charge < -0.3 is 9.64 Å². The lowest BCUT2D eigenvalue weighted by Gasteiger charge is -2.35. The number of rotatable bonds is 6. The molecule has 1 saturated heterocycles. The van der Waals surface area contributed by atoms with Gasteiger partial charge in [-0.05, 0) is 56.9 Å². The lowest BCUT2D eigenvalue weighted by atomic mass is 10.00. The van der Waals surface area contributed by atoms with Crippen LogP contribution in [0.1, 0.15) is 56.8 Å². The van der Waals surface area contributed by atoms with Gasteiger partial charge in [-0.1, -0.05) is 19.1 Å². The molecule has 1 amide bonds. The molecule has 3 rings (SSSR count). The molecule has 0 unspecified atom stereocenters. The molecule has 1 aromatic carbocycles. The first kappa shape index (κ1) is 20.0. The minimum Gasteiger partial charge on any atom is -0.459 e. The van der Waals surface area contributed by atoms with Crippen molar-refractivity contribution in [1.29, 1.82) is 0 Å². The van der Waals surface area contributed by atoms with Crippen LogP contribution in [-0.4, -0.2) is 55.7 Å². The fraction of sp³-hybridized carbons (Fsp3) is 0.550. The molecule has 0 bridgehead atoms. The highest BCUT2D eigenvalue weighted by atomic mass is 16.5. The van der Waals surface area contributed by atoms with Gasteiger partial charge in [0, 0.05) is 18.2 Å². The van der Waals surface area contributed by atoms with E-state index in [0.717, 1.165) is 25.8 Å². The summed E-state index contributed by atoms with van der Waals surface area (Å²) in [5.41, 5.74) is 1.08. The van der Waals surface area contributed by atoms with Crippen molar-refractivity contribution in [1.82, 2.24) is 25.1 Å². The van der Waals surface area contributed by atoms with Gasteiger partial charge in [0.2, 0.25) is 11.7 Å². The predicted molar refractivity (Wildman–Crippen MR) is 103 cm³/mol. The molecule has 8 heteroatoms. The third kappa shape index (κ3) is 4.74. The van der Waals surface area contributed by atoms with Crippen molar-refractivity contribution >= 4 is 11.9 Å². The molecule has 0 saturated carbocycles. The van der Waals surface area contributed by atoms with Crippen LogP contribution in [0.5, 0.6) is 0 Å². The van der Waals surface area contributed by atoms with Crippen LogP contribution in [-0.2, 0) is 16.1 Å². The number of tetrazole rings is 1. The van der Waals surface area contributed by atoms with Crippen molar-refractivity contribution in [2.45, 2.75) is 65.1 Å². The smallest absolute Gasteiger partial charge is 0.338 e. The van der Waals surface area contributed by atoms with E-state index >= 15 is 0 Å². The van der Waals surface area contributed by atoms with Crippen LogP contribution in [0.2, 0.25) is 0 Å². The lowest BCUT2D eigenvalue weighted by molar-refractivity contribution is -0.136. The number of amides is 1. The normalized spacial score (nSPS) is 17.0. The molecule has 0 radical (unpaired) electrons. The fourth-order valence-corrected chi connectivity index (χ4v) is 3.46. The van der Waals surface area contributed by atoms with Gasteiger partial charge in [-0.2, -0.15) is 4.80 Å². The van der Waals surface area contributed by atoms with E-state index in [0.29, 0.717) is 23.0 Å². The third-order valence-corrected chi connectivity index (χ3v) is 4.85. The van der Waals surface area contributed by atoms with Crippen LogP contribution in [0.3, 0.4) is 0 Å². The summed E-state index contributed by atoms with van der Waals surface area (Å²) in [5, 5.41) is 12.4. The van der Waals surface area contributed by atoms with Crippen LogP contribution in [0.4, 0.5) is 0 Å². The van der Waals surface area contributed by atoms with Gasteiger partial charge in [-0.3, -0.25) is 4.79 Å². The van der Waals surface area contributed by atoms with Crippen LogP contribution in [0.15, 0.2) is 24.3 Å². The first-order valence-corrected chi connectivity index (χ1v) is 9.86. The van der Waals surface area contributed by atoms with Crippen molar-refractivity contribution < 1.29 is 14.3 Å². The Labute approximate surface area is 164 Å². The molecule has 1 aromatic heterocycles. The maximum absolute atomic E-state index is 12.7. The maximum Gasteiger partial charge on any atom is 0.338 e. The highest BCUT2D eigenvalue weighted by Gasteiger charge is 2.26. The zero-order valence-electron chi connectivity index (χ0n) is 16.7. The van der Waals surface area contributed by atoms with Crippen LogP contribution >= 0.6 is 0 Å². The highest BCUT2D eigenvalue weighted by molar-refractivity contribution is 5.90. The Morgan fingerprint density at radius 2 is 2.11 bits per heavy atom. The van der Waals surface area contributed by atoms with E-state index in [4.69, 9.17) is 4.74 Å². The monoisotopic (exact) mass is 385 g/mol. The average molecular weight is 385 g/mol. The number of carbonyl (C=O) groups excluding carboxylic acids is 2. The summed E-state index contributed by atoms with van der Waals surface area (Å²) in [4.78, 5) is 28.0. The molecule has 2 heterocycles. The first-order chi connectivity index (χ1) is 13.5. The van der Waals surface area contributed by atoms with E-state index in [1.807, 2.05) is 4.90 Å². The summed E-state index contributed by atoms with van der Waals surface area (Å²) < 4.78 is 5.22. The Kier molecular flexibility index (Phi) is 6.38. The summed E-state index contributed by atoms with van der Waals surface area (Å²) in [6.45, 7) is 6.57. The molecule has 1 atom stereocenters. The standard InChI is InChI=1S/C20H27N5O3/c1-4-17-10-5-6-11-24(17)18(26)13-25-22-19(21-23-25)15-8-7-9-16(12-15)20(27)28-14(2)3/h7-9,12,14,17H,4-6,10-11,13H2,1-3H3/t17-/m0/s1. The van der Waals surface area contributed by atoms with Gasteiger partial charge in [-0.15, -0.1) is 10.2 Å². The third-order valence-electron chi connectivity index (χ3n) is 4.85. The largest absolute Gasteiger partial charge is 0.459 e. The van der Waals surface area contributed by atoms with E-state index in [-0.39, 0.29) is 18.6 Å². The number of nitrogens with zero attached hydrogens (tertiary/aromatic N) is 5. The van der Waals surface area contributed by atoms with Crippen molar-refractivity contribution in [2.75, 3.05) is 6.54 Å². The second-order valence-corrected chi connectivity index (χ2v) is 7.32. The number of esters is 1. The summed E-state index contributed by atoms with van der Waals surface area (Å²) in [6.07, 6.45) is 4.03. The molecule has 1 aliphatic rings. The van der Waals surface area contributed by atoms with Gasteiger partial charge >= 0.3 is 5.97 Å². The number of hydrogen-bond acceptors (Lipinski definition) is 6. The van der Waals surface area contributed by atoms with E-state index in [2.05, 4.69) is 22.3 Å². The van der Waals surface area contributed by atoms with Crippen molar-refractivity contribution in [2.24, 2.45) is 0 Å². The molecule has 2 aromatic rings. The Hall–Kier alpha value is -2.77. The maximum atomic E-state index is 12.7. The number of benzene rings is 1. The SMILES string of the molecule is CC[C@H]1CCCCN1C(=O)Cn1nnc(-c2cccc(C(=O)OC(C)C)c2)n1. The molecule has 0 N–H and O–H groups in total. The predicted octanol–water partition coefficient (Wildman–Crippen LogP) is 2.70. The second-order valence-electron chi connectivity index (χ2n) is 7.32. The number of carbonyl (C=O) groups is 2. The van der Waals surface area contributed by atoms with Crippen LogP contribution in [0, 0.1) is 0 Å². The number of piperidine rings is 1. The van der Waals surface area contributed by atoms with Gasteiger partial charge in [0.15, 0.2) is 0 Å². The molecule has 0 aliphatic carbocycles. The zero-order valence-corrected chi connectivity index (χ0v) is 16.7.